The van der Waals surface area contributed by atoms with Gasteiger partial charge in [0, 0.05) is 12.2 Å². The smallest absolute Gasteiger partial charge is 0.305 e. The number of hydrogen-bond donors (Lipinski definition) is 1. The Morgan fingerprint density at radius 3 is 2.81 bits per heavy atom. The maximum absolute atomic E-state index is 13.4. The van der Waals surface area contributed by atoms with Crippen LogP contribution in [-0.4, -0.2) is 40.5 Å². The molecule has 0 unspecified atom stereocenters. The number of aromatic nitrogens is 1. The summed E-state index contributed by atoms with van der Waals surface area (Å²) >= 11 is 0. The number of carbonyl (C=O) groups excluding carboxylic acids is 1. The third-order valence-corrected chi connectivity index (χ3v) is 5.48. The third kappa shape index (κ3) is 3.16. The zero-order valence-corrected chi connectivity index (χ0v) is 15.3. The van der Waals surface area contributed by atoms with Crippen molar-refractivity contribution in [2.24, 2.45) is 0 Å². The molecule has 2 heterocycles. The van der Waals surface area contributed by atoms with E-state index in [0.29, 0.717) is 24.4 Å². The number of hydrogen-bond acceptors (Lipinski definition) is 4. The standard InChI is InChI=1S/C21H22N2O4/c1-27-20-16(11-14-6-4-8-17(14)22-20)21(26)23-10-9-13-5-2-3-7-15(13)18(23)12-19(24)25/h2-3,5,7,11,18H,4,6,8-10,12H2,1H3,(H,24,25)/t18-/m0/s1. The lowest BCUT2D eigenvalue weighted by Gasteiger charge is -2.37. The number of rotatable bonds is 4. The van der Waals surface area contributed by atoms with Gasteiger partial charge in [0.2, 0.25) is 5.88 Å². The molecule has 0 fully saturated rings. The van der Waals surface area contributed by atoms with E-state index < -0.39 is 12.0 Å². The molecule has 2 aromatic rings. The van der Waals surface area contributed by atoms with Crippen LogP contribution >= 0.6 is 0 Å². The molecule has 1 aliphatic heterocycles. The second kappa shape index (κ2) is 7.02. The Balaban J connectivity index is 1.74. The molecule has 1 aromatic carbocycles. The predicted octanol–water partition coefficient (Wildman–Crippen LogP) is 2.79. The second-order valence-electron chi connectivity index (χ2n) is 7.07. The van der Waals surface area contributed by atoms with Crippen molar-refractivity contribution in [3.8, 4) is 5.88 Å². The van der Waals surface area contributed by atoms with Crippen molar-refractivity contribution in [1.29, 1.82) is 0 Å². The summed E-state index contributed by atoms with van der Waals surface area (Å²) in [5, 5.41) is 9.41. The largest absolute Gasteiger partial charge is 0.481 e. The number of ether oxygens (including phenoxy) is 1. The topological polar surface area (TPSA) is 79.7 Å². The summed E-state index contributed by atoms with van der Waals surface area (Å²) in [4.78, 5) is 31.1. The number of nitrogens with zero attached hydrogens (tertiary/aromatic N) is 2. The molecule has 1 amide bonds. The van der Waals surface area contributed by atoms with Crippen molar-refractivity contribution in [1.82, 2.24) is 9.88 Å². The highest BCUT2D eigenvalue weighted by atomic mass is 16.5. The van der Waals surface area contributed by atoms with E-state index in [4.69, 9.17) is 4.74 Å². The van der Waals surface area contributed by atoms with Gasteiger partial charge in [0.15, 0.2) is 0 Å². The summed E-state index contributed by atoms with van der Waals surface area (Å²) in [6, 6.07) is 9.15. The van der Waals surface area contributed by atoms with Gasteiger partial charge in [-0.15, -0.1) is 0 Å². The Morgan fingerprint density at radius 1 is 1.22 bits per heavy atom. The average molecular weight is 366 g/mol. The molecule has 6 heteroatoms. The zero-order chi connectivity index (χ0) is 19.0. The molecule has 140 valence electrons. The van der Waals surface area contributed by atoms with Crippen LogP contribution in [0, 0.1) is 0 Å². The van der Waals surface area contributed by atoms with Crippen molar-refractivity contribution in [2.75, 3.05) is 13.7 Å². The summed E-state index contributed by atoms with van der Waals surface area (Å²) in [5.74, 6) is -0.808. The maximum Gasteiger partial charge on any atom is 0.305 e. The number of carboxylic acids is 1. The number of aryl methyl sites for hydroxylation is 2. The summed E-state index contributed by atoms with van der Waals surface area (Å²) in [6.07, 6.45) is 3.43. The molecule has 27 heavy (non-hydrogen) atoms. The molecule has 1 aliphatic carbocycles. The number of amides is 1. The second-order valence-corrected chi connectivity index (χ2v) is 7.07. The van der Waals surface area contributed by atoms with Crippen molar-refractivity contribution in [3.05, 3.63) is 58.3 Å². The van der Waals surface area contributed by atoms with Gasteiger partial charge in [-0.2, -0.15) is 0 Å². The summed E-state index contributed by atoms with van der Waals surface area (Å²) < 4.78 is 5.39. The van der Waals surface area contributed by atoms with E-state index in [9.17, 15) is 14.7 Å². The molecule has 1 aromatic heterocycles. The number of fused-ring (bicyclic) bond motifs is 2. The minimum absolute atomic E-state index is 0.122. The molecule has 6 nitrogen and oxygen atoms in total. The number of carboxylic acid groups (broad SMARTS) is 1. The molecule has 0 saturated carbocycles. The molecular weight excluding hydrogens is 344 g/mol. The highest BCUT2D eigenvalue weighted by molar-refractivity contribution is 5.97. The lowest BCUT2D eigenvalue weighted by atomic mass is 9.90. The monoisotopic (exact) mass is 366 g/mol. The van der Waals surface area contributed by atoms with E-state index >= 15 is 0 Å². The fourth-order valence-corrected chi connectivity index (χ4v) is 4.20. The van der Waals surface area contributed by atoms with Crippen molar-refractivity contribution < 1.29 is 19.4 Å². The van der Waals surface area contributed by atoms with E-state index in [-0.39, 0.29) is 12.3 Å². The quantitative estimate of drug-likeness (QED) is 0.900. The van der Waals surface area contributed by atoms with E-state index in [1.807, 2.05) is 30.3 Å². The van der Waals surface area contributed by atoms with E-state index in [2.05, 4.69) is 4.98 Å². The fourth-order valence-electron chi connectivity index (χ4n) is 4.20. The molecule has 1 atom stereocenters. The normalized spacial score (nSPS) is 18.0. The van der Waals surface area contributed by atoms with Gasteiger partial charge in [-0.25, -0.2) is 4.98 Å². The summed E-state index contributed by atoms with van der Waals surface area (Å²) in [7, 11) is 1.51. The highest BCUT2D eigenvalue weighted by Crippen LogP contribution is 2.35. The molecule has 1 N–H and O–H groups in total. The van der Waals surface area contributed by atoms with Crippen LogP contribution in [0.25, 0.3) is 0 Å². The first-order valence-electron chi connectivity index (χ1n) is 9.26. The van der Waals surface area contributed by atoms with E-state index in [0.717, 1.165) is 41.6 Å². The Kier molecular flexibility index (Phi) is 4.56. The van der Waals surface area contributed by atoms with Crippen LogP contribution in [0.3, 0.4) is 0 Å². The number of pyridine rings is 1. The van der Waals surface area contributed by atoms with Gasteiger partial charge in [-0.3, -0.25) is 9.59 Å². The van der Waals surface area contributed by atoms with E-state index in [1.165, 1.54) is 7.11 Å². The summed E-state index contributed by atoms with van der Waals surface area (Å²) in [5.41, 5.74) is 4.52. The predicted molar refractivity (Wildman–Crippen MR) is 99.0 cm³/mol. The number of methoxy groups -OCH3 is 1. The van der Waals surface area contributed by atoms with E-state index in [1.54, 1.807) is 4.90 Å². The minimum Gasteiger partial charge on any atom is -0.481 e. The van der Waals surface area contributed by atoms with Crippen LogP contribution in [0.4, 0.5) is 0 Å². The molecule has 4 rings (SSSR count). The van der Waals surface area contributed by atoms with Crippen LogP contribution in [0.1, 0.15) is 51.6 Å². The lowest BCUT2D eigenvalue weighted by Crippen LogP contribution is -2.41. The SMILES string of the molecule is COc1nc2c(cc1C(=O)N1CCc3ccccc3[C@@H]1CC(=O)O)CCC2. The van der Waals surface area contributed by atoms with Crippen molar-refractivity contribution in [2.45, 2.75) is 38.1 Å². The van der Waals surface area contributed by atoms with Gasteiger partial charge in [0.1, 0.15) is 5.56 Å². The van der Waals surface area contributed by atoms with Gasteiger partial charge in [0.05, 0.1) is 19.6 Å². The van der Waals surface area contributed by atoms with Gasteiger partial charge in [-0.05, 0) is 48.4 Å². The number of aliphatic carboxylic acids is 1. The Bertz CT molecular complexity index is 909. The number of benzene rings is 1. The van der Waals surface area contributed by atoms with Crippen LogP contribution < -0.4 is 4.74 Å². The Labute approximate surface area is 157 Å². The number of carbonyl (C=O) groups is 2. The minimum atomic E-state index is -0.923. The first-order chi connectivity index (χ1) is 13.1. The van der Waals surface area contributed by atoms with Crippen LogP contribution in [-0.2, 0) is 24.1 Å². The van der Waals surface area contributed by atoms with Crippen molar-refractivity contribution >= 4 is 11.9 Å². The lowest BCUT2D eigenvalue weighted by molar-refractivity contribution is -0.138. The molecular formula is C21H22N2O4. The van der Waals surface area contributed by atoms with Gasteiger partial charge in [-0.1, -0.05) is 24.3 Å². The first kappa shape index (κ1) is 17.5. The van der Waals surface area contributed by atoms with Crippen LogP contribution in [0.2, 0.25) is 0 Å². The maximum atomic E-state index is 13.4. The molecule has 0 saturated heterocycles. The highest BCUT2D eigenvalue weighted by Gasteiger charge is 2.34. The Morgan fingerprint density at radius 2 is 2.04 bits per heavy atom. The molecule has 0 radical (unpaired) electrons. The molecule has 0 bridgehead atoms. The molecule has 2 aliphatic rings. The fraction of sp³-hybridized carbons (Fsp3) is 0.381. The molecule has 0 spiro atoms. The summed E-state index contributed by atoms with van der Waals surface area (Å²) in [6.45, 7) is 0.480. The Hall–Kier alpha value is -2.89. The first-order valence-corrected chi connectivity index (χ1v) is 9.26. The van der Waals surface area contributed by atoms with Gasteiger partial charge in [0.25, 0.3) is 5.91 Å². The van der Waals surface area contributed by atoms with Crippen LogP contribution in [0.5, 0.6) is 5.88 Å². The third-order valence-electron chi connectivity index (χ3n) is 5.48. The van der Waals surface area contributed by atoms with Gasteiger partial charge >= 0.3 is 5.97 Å². The zero-order valence-electron chi connectivity index (χ0n) is 15.3. The average Bonchev–Trinajstić information content (AvgIpc) is 3.13. The van der Waals surface area contributed by atoms with Crippen molar-refractivity contribution in [3.63, 3.8) is 0 Å². The van der Waals surface area contributed by atoms with Gasteiger partial charge < -0.3 is 14.7 Å². The van der Waals surface area contributed by atoms with Crippen LogP contribution in [0.15, 0.2) is 30.3 Å².